The van der Waals surface area contributed by atoms with E-state index in [0.717, 1.165) is 12.8 Å². The first kappa shape index (κ1) is 15.2. The van der Waals surface area contributed by atoms with Crippen LogP contribution in [0.5, 0.6) is 0 Å². The maximum atomic E-state index is 6.10. The third kappa shape index (κ3) is 4.38. The highest BCUT2D eigenvalue weighted by atomic mass is 35.5. The van der Waals surface area contributed by atoms with Crippen molar-refractivity contribution in [3.05, 3.63) is 48.0 Å². The second-order valence-electron chi connectivity index (χ2n) is 4.30. The van der Waals surface area contributed by atoms with E-state index in [2.05, 4.69) is 44.7 Å². The zero-order valence-electron chi connectivity index (χ0n) is 10.1. The molecule has 0 aliphatic rings. The fourth-order valence-electron chi connectivity index (χ4n) is 1.61. The van der Waals surface area contributed by atoms with Crippen LogP contribution in [-0.2, 0) is 0 Å². The van der Waals surface area contributed by atoms with Crippen molar-refractivity contribution >= 4 is 12.4 Å². The molecule has 0 radical (unpaired) electrons. The number of allylic oxidation sites excluding steroid dienone is 1. The summed E-state index contributed by atoms with van der Waals surface area (Å²) in [4.78, 5) is 0. The van der Waals surface area contributed by atoms with E-state index < -0.39 is 0 Å². The van der Waals surface area contributed by atoms with Gasteiger partial charge in [0.1, 0.15) is 0 Å². The van der Waals surface area contributed by atoms with E-state index in [1.165, 1.54) is 11.1 Å². The minimum Gasteiger partial charge on any atom is -0.324 e. The number of rotatable bonds is 5. The Balaban J connectivity index is 0.00000225. The molecule has 0 unspecified atom stereocenters. The number of nitrogens with two attached hydrogens (primary N) is 1. The topological polar surface area (TPSA) is 26.0 Å². The largest absolute Gasteiger partial charge is 0.324 e. The van der Waals surface area contributed by atoms with Crippen LogP contribution in [0.2, 0.25) is 0 Å². The van der Waals surface area contributed by atoms with E-state index in [-0.39, 0.29) is 18.4 Å². The highest BCUT2D eigenvalue weighted by molar-refractivity contribution is 5.85. The fourth-order valence-corrected chi connectivity index (χ4v) is 1.61. The zero-order chi connectivity index (χ0) is 11.3. The highest BCUT2D eigenvalue weighted by Crippen LogP contribution is 2.21. The van der Waals surface area contributed by atoms with Gasteiger partial charge >= 0.3 is 0 Å². The third-order valence-corrected chi connectivity index (χ3v) is 2.69. The molecule has 0 amide bonds. The predicted molar refractivity (Wildman–Crippen MR) is 74.1 cm³/mol. The van der Waals surface area contributed by atoms with Crippen LogP contribution in [0.1, 0.15) is 49.8 Å². The van der Waals surface area contributed by atoms with Crippen molar-refractivity contribution in [2.45, 2.75) is 38.6 Å². The van der Waals surface area contributed by atoms with Crippen LogP contribution in [0, 0.1) is 0 Å². The van der Waals surface area contributed by atoms with Gasteiger partial charge in [0.2, 0.25) is 0 Å². The Morgan fingerprint density at radius 1 is 1.31 bits per heavy atom. The summed E-state index contributed by atoms with van der Waals surface area (Å²) < 4.78 is 0. The second kappa shape index (κ2) is 7.48. The Kier molecular flexibility index (Phi) is 7.11. The molecule has 1 aromatic carbocycles. The Morgan fingerprint density at radius 3 is 2.50 bits per heavy atom. The van der Waals surface area contributed by atoms with Crippen LogP contribution in [0.25, 0.3) is 0 Å². The number of hydrogen-bond acceptors (Lipinski definition) is 1. The van der Waals surface area contributed by atoms with Crippen molar-refractivity contribution in [2.24, 2.45) is 5.73 Å². The normalized spacial score (nSPS) is 12.0. The molecule has 0 aliphatic heterocycles. The molecule has 1 atom stereocenters. The van der Waals surface area contributed by atoms with Gasteiger partial charge < -0.3 is 5.73 Å². The van der Waals surface area contributed by atoms with Crippen LogP contribution < -0.4 is 5.73 Å². The Hall–Kier alpha value is -0.790. The van der Waals surface area contributed by atoms with Gasteiger partial charge in [-0.3, -0.25) is 0 Å². The van der Waals surface area contributed by atoms with Crippen molar-refractivity contribution in [1.82, 2.24) is 0 Å². The van der Waals surface area contributed by atoms with Crippen LogP contribution in [0.3, 0.4) is 0 Å². The molecule has 0 saturated heterocycles. The van der Waals surface area contributed by atoms with Gasteiger partial charge in [0.15, 0.2) is 0 Å². The van der Waals surface area contributed by atoms with Crippen LogP contribution in [-0.4, -0.2) is 0 Å². The molecule has 0 aliphatic carbocycles. The van der Waals surface area contributed by atoms with E-state index in [1.807, 2.05) is 6.08 Å². The van der Waals surface area contributed by atoms with E-state index in [0.29, 0.717) is 5.92 Å². The summed E-state index contributed by atoms with van der Waals surface area (Å²) in [6.07, 6.45) is 3.88. The lowest BCUT2D eigenvalue weighted by molar-refractivity contribution is 0.659. The quantitative estimate of drug-likeness (QED) is 0.766. The summed E-state index contributed by atoms with van der Waals surface area (Å²) in [6.45, 7) is 8.12. The molecule has 0 spiro atoms. The van der Waals surface area contributed by atoms with E-state index in [9.17, 15) is 0 Å². The van der Waals surface area contributed by atoms with Crippen molar-refractivity contribution in [1.29, 1.82) is 0 Å². The molecule has 2 heteroatoms. The average molecular weight is 240 g/mol. The summed E-state index contributed by atoms with van der Waals surface area (Å²) in [5.41, 5.74) is 8.70. The van der Waals surface area contributed by atoms with E-state index >= 15 is 0 Å². The molecule has 1 rings (SSSR count). The van der Waals surface area contributed by atoms with E-state index in [1.54, 1.807) is 0 Å². The molecule has 0 bridgehead atoms. The Bertz CT molecular complexity index is 320. The lowest BCUT2D eigenvalue weighted by atomic mass is 9.96. The minimum atomic E-state index is 0. The molecule has 1 aromatic rings. The molecule has 90 valence electrons. The fraction of sp³-hybridized carbons (Fsp3) is 0.429. The summed E-state index contributed by atoms with van der Waals surface area (Å²) in [6, 6.07) is 8.73. The minimum absolute atomic E-state index is 0. The molecular formula is C14H22ClN. The first-order valence-corrected chi connectivity index (χ1v) is 5.61. The monoisotopic (exact) mass is 239 g/mol. The van der Waals surface area contributed by atoms with Crippen molar-refractivity contribution in [2.75, 3.05) is 0 Å². The van der Waals surface area contributed by atoms with Crippen LogP contribution >= 0.6 is 12.4 Å². The zero-order valence-corrected chi connectivity index (χ0v) is 11.0. The first-order chi connectivity index (χ1) is 7.15. The van der Waals surface area contributed by atoms with Gasteiger partial charge in [-0.15, -0.1) is 19.0 Å². The molecular weight excluding hydrogens is 218 g/mol. The van der Waals surface area contributed by atoms with Gasteiger partial charge in [-0.05, 0) is 29.9 Å². The maximum absolute atomic E-state index is 6.10. The molecule has 0 saturated carbocycles. The summed E-state index contributed by atoms with van der Waals surface area (Å²) in [7, 11) is 0. The summed E-state index contributed by atoms with van der Waals surface area (Å²) >= 11 is 0. The maximum Gasteiger partial charge on any atom is 0.0297 e. The smallest absolute Gasteiger partial charge is 0.0297 e. The number of hydrogen-bond donors (Lipinski definition) is 1. The van der Waals surface area contributed by atoms with Gasteiger partial charge in [-0.25, -0.2) is 0 Å². The van der Waals surface area contributed by atoms with Crippen molar-refractivity contribution in [3.8, 4) is 0 Å². The standard InChI is InChI=1S/C14H21N.ClH/c1-4-5-9-14(15)13-8-6-7-12(10-13)11(2)3;/h4,6-8,10-11,14H,1,5,9,15H2,2-3H3;1H/t14-;/m1./s1. The Labute approximate surface area is 105 Å². The molecule has 16 heavy (non-hydrogen) atoms. The van der Waals surface area contributed by atoms with Gasteiger partial charge in [0, 0.05) is 6.04 Å². The summed E-state index contributed by atoms with van der Waals surface area (Å²) in [5, 5.41) is 0. The number of halogens is 1. The number of benzene rings is 1. The van der Waals surface area contributed by atoms with Gasteiger partial charge in [-0.2, -0.15) is 0 Å². The van der Waals surface area contributed by atoms with Crippen molar-refractivity contribution in [3.63, 3.8) is 0 Å². The Morgan fingerprint density at radius 2 is 1.94 bits per heavy atom. The average Bonchev–Trinajstić information content (AvgIpc) is 2.26. The first-order valence-electron chi connectivity index (χ1n) is 5.61. The molecule has 1 nitrogen and oxygen atoms in total. The second-order valence-corrected chi connectivity index (χ2v) is 4.30. The van der Waals surface area contributed by atoms with Gasteiger partial charge in [-0.1, -0.05) is 44.2 Å². The lowest BCUT2D eigenvalue weighted by Gasteiger charge is -2.13. The molecule has 0 aromatic heterocycles. The van der Waals surface area contributed by atoms with Gasteiger partial charge in [0.25, 0.3) is 0 Å². The molecule has 0 heterocycles. The SMILES string of the molecule is C=CCC[C@@H](N)c1cccc(C(C)C)c1.Cl. The highest BCUT2D eigenvalue weighted by Gasteiger charge is 2.06. The van der Waals surface area contributed by atoms with Crippen LogP contribution in [0.15, 0.2) is 36.9 Å². The van der Waals surface area contributed by atoms with Crippen molar-refractivity contribution < 1.29 is 0 Å². The summed E-state index contributed by atoms with van der Waals surface area (Å²) in [5.74, 6) is 0.566. The lowest BCUT2D eigenvalue weighted by Crippen LogP contribution is -2.10. The van der Waals surface area contributed by atoms with Crippen LogP contribution in [0.4, 0.5) is 0 Å². The van der Waals surface area contributed by atoms with Gasteiger partial charge in [0.05, 0.1) is 0 Å². The third-order valence-electron chi connectivity index (χ3n) is 2.69. The molecule has 2 N–H and O–H groups in total. The predicted octanol–water partition coefficient (Wildman–Crippen LogP) is 4.20. The molecule has 0 fully saturated rings. The van der Waals surface area contributed by atoms with E-state index in [4.69, 9.17) is 5.73 Å².